The molecule has 0 saturated carbocycles. The van der Waals surface area contributed by atoms with Crippen LogP contribution in [0.4, 0.5) is 4.79 Å². The van der Waals surface area contributed by atoms with Gasteiger partial charge in [-0.25, -0.2) is 9.59 Å². The van der Waals surface area contributed by atoms with Crippen molar-refractivity contribution in [1.29, 1.82) is 0 Å². The van der Waals surface area contributed by atoms with Gasteiger partial charge in [0.1, 0.15) is 11.8 Å². The Kier molecular flexibility index (Phi) is 8.11. The molecule has 1 aliphatic heterocycles. The molecular formula is C21H32N2O5. The smallest absolute Gasteiger partial charge is 0.328 e. The number of benzene rings is 1. The molecule has 0 radical (unpaired) electrons. The van der Waals surface area contributed by atoms with E-state index in [9.17, 15) is 9.59 Å². The van der Waals surface area contributed by atoms with Crippen LogP contribution >= 0.6 is 0 Å². The number of carbonyl (C=O) groups is 2. The fourth-order valence-electron chi connectivity index (χ4n) is 3.51. The molecule has 1 aromatic rings. The van der Waals surface area contributed by atoms with Gasteiger partial charge in [0.2, 0.25) is 0 Å². The zero-order valence-corrected chi connectivity index (χ0v) is 17.2. The quantitative estimate of drug-likeness (QED) is 0.664. The van der Waals surface area contributed by atoms with Crippen molar-refractivity contribution in [3.05, 3.63) is 29.8 Å². The first kappa shape index (κ1) is 22.0. The Morgan fingerprint density at radius 2 is 1.82 bits per heavy atom. The van der Waals surface area contributed by atoms with Crippen LogP contribution in [0.5, 0.6) is 5.75 Å². The predicted octanol–water partition coefficient (Wildman–Crippen LogP) is 2.63. The fourth-order valence-corrected chi connectivity index (χ4v) is 3.51. The van der Waals surface area contributed by atoms with E-state index in [-0.39, 0.29) is 17.4 Å². The molecule has 0 aromatic heterocycles. The number of carbonyl (C=O) groups excluding carboxylic acids is 2. The Morgan fingerprint density at radius 1 is 1.18 bits per heavy atom. The molecule has 1 aromatic carbocycles. The summed E-state index contributed by atoms with van der Waals surface area (Å²) in [6.07, 6.45) is 2.38. The van der Waals surface area contributed by atoms with Crippen molar-refractivity contribution >= 4 is 12.0 Å². The average Bonchev–Trinajstić information content (AvgIpc) is 2.75. The molecule has 2 atom stereocenters. The third-order valence-electron chi connectivity index (χ3n) is 5.69. The van der Waals surface area contributed by atoms with Crippen LogP contribution in [0.2, 0.25) is 0 Å². The molecular weight excluding hydrogens is 360 g/mol. The molecule has 7 nitrogen and oxygen atoms in total. The predicted molar refractivity (Wildman–Crippen MR) is 107 cm³/mol. The van der Waals surface area contributed by atoms with Gasteiger partial charge in [0.15, 0.2) is 0 Å². The Morgan fingerprint density at radius 3 is 2.36 bits per heavy atom. The van der Waals surface area contributed by atoms with Crippen molar-refractivity contribution < 1.29 is 23.8 Å². The number of nitrogens with one attached hydrogen (secondary N) is 2. The van der Waals surface area contributed by atoms with Crippen molar-refractivity contribution in [2.24, 2.45) is 5.92 Å². The Bertz CT molecular complexity index is 641. The first-order valence-electron chi connectivity index (χ1n) is 9.80. The Hall–Kier alpha value is -2.28. The van der Waals surface area contributed by atoms with Gasteiger partial charge in [-0.2, -0.15) is 0 Å². The summed E-state index contributed by atoms with van der Waals surface area (Å²) in [7, 11) is 2.97. The van der Waals surface area contributed by atoms with E-state index in [0.29, 0.717) is 19.8 Å². The molecule has 0 spiro atoms. The minimum absolute atomic E-state index is 0.0168. The SMILES string of the molecule is CC[C@@H](C)[C@H](NC(=O)NCC1(c2ccc(OC)cc2)CCOCC1)C(=O)OC. The van der Waals surface area contributed by atoms with Gasteiger partial charge in [0.05, 0.1) is 14.2 Å². The summed E-state index contributed by atoms with van der Waals surface area (Å²) in [6, 6.07) is 6.92. The van der Waals surface area contributed by atoms with E-state index in [1.54, 1.807) is 7.11 Å². The van der Waals surface area contributed by atoms with E-state index < -0.39 is 12.0 Å². The highest BCUT2D eigenvalue weighted by Crippen LogP contribution is 2.35. The molecule has 1 saturated heterocycles. The van der Waals surface area contributed by atoms with Gasteiger partial charge in [-0.05, 0) is 36.5 Å². The number of hydrogen-bond acceptors (Lipinski definition) is 5. The monoisotopic (exact) mass is 392 g/mol. The first-order valence-corrected chi connectivity index (χ1v) is 9.80. The first-order chi connectivity index (χ1) is 13.5. The van der Waals surface area contributed by atoms with Crippen LogP contribution in [0.25, 0.3) is 0 Å². The minimum Gasteiger partial charge on any atom is -0.497 e. The third kappa shape index (κ3) is 5.38. The molecule has 0 unspecified atom stereocenters. The summed E-state index contributed by atoms with van der Waals surface area (Å²) in [5.74, 6) is 0.350. The average molecular weight is 392 g/mol. The summed E-state index contributed by atoms with van der Waals surface area (Å²) < 4.78 is 15.6. The van der Waals surface area contributed by atoms with E-state index in [2.05, 4.69) is 10.6 Å². The van der Waals surface area contributed by atoms with Crippen LogP contribution in [-0.2, 0) is 19.7 Å². The molecule has 7 heteroatoms. The summed E-state index contributed by atoms with van der Waals surface area (Å²) in [5, 5.41) is 5.73. The fraction of sp³-hybridized carbons (Fsp3) is 0.619. The van der Waals surface area contributed by atoms with E-state index >= 15 is 0 Å². The van der Waals surface area contributed by atoms with E-state index in [1.807, 2.05) is 38.1 Å². The number of amides is 2. The molecule has 0 aliphatic carbocycles. The van der Waals surface area contributed by atoms with Gasteiger partial charge in [-0.15, -0.1) is 0 Å². The number of hydrogen-bond donors (Lipinski definition) is 2. The lowest BCUT2D eigenvalue weighted by Gasteiger charge is -2.38. The number of rotatable bonds is 8. The second-order valence-corrected chi connectivity index (χ2v) is 7.33. The van der Waals surface area contributed by atoms with Gasteiger partial charge in [0, 0.05) is 25.2 Å². The van der Waals surface area contributed by atoms with Crippen LogP contribution in [0.15, 0.2) is 24.3 Å². The maximum absolute atomic E-state index is 12.5. The van der Waals surface area contributed by atoms with Gasteiger partial charge in [-0.1, -0.05) is 32.4 Å². The van der Waals surface area contributed by atoms with Gasteiger partial charge in [-0.3, -0.25) is 0 Å². The largest absolute Gasteiger partial charge is 0.497 e. The molecule has 1 heterocycles. The van der Waals surface area contributed by atoms with Crippen molar-refractivity contribution in [3.8, 4) is 5.75 Å². The van der Waals surface area contributed by atoms with Crippen LogP contribution < -0.4 is 15.4 Å². The van der Waals surface area contributed by atoms with E-state index in [1.165, 1.54) is 7.11 Å². The highest BCUT2D eigenvalue weighted by atomic mass is 16.5. The zero-order chi connectivity index (χ0) is 20.6. The third-order valence-corrected chi connectivity index (χ3v) is 5.69. The molecule has 28 heavy (non-hydrogen) atoms. The lowest BCUT2D eigenvalue weighted by Crippen LogP contribution is -2.52. The summed E-state index contributed by atoms with van der Waals surface area (Å²) in [6.45, 7) is 5.64. The van der Waals surface area contributed by atoms with Crippen LogP contribution in [0.3, 0.4) is 0 Å². The van der Waals surface area contributed by atoms with Gasteiger partial charge < -0.3 is 24.8 Å². The second kappa shape index (κ2) is 10.3. The van der Waals surface area contributed by atoms with Crippen molar-refractivity contribution in [2.45, 2.75) is 44.6 Å². The molecule has 0 bridgehead atoms. The molecule has 2 amide bonds. The Labute approximate surface area is 167 Å². The normalized spacial score (nSPS) is 17.9. The highest BCUT2D eigenvalue weighted by molar-refractivity contribution is 5.83. The lowest BCUT2D eigenvalue weighted by atomic mass is 9.74. The summed E-state index contributed by atoms with van der Waals surface area (Å²) >= 11 is 0. The summed E-state index contributed by atoms with van der Waals surface area (Å²) in [5.41, 5.74) is 0.933. The lowest BCUT2D eigenvalue weighted by molar-refractivity contribution is -0.144. The molecule has 2 N–H and O–H groups in total. The van der Waals surface area contributed by atoms with Crippen LogP contribution in [-0.4, -0.2) is 52.0 Å². The molecule has 2 rings (SSSR count). The molecule has 1 aliphatic rings. The maximum Gasteiger partial charge on any atom is 0.328 e. The number of esters is 1. The van der Waals surface area contributed by atoms with Crippen LogP contribution in [0.1, 0.15) is 38.7 Å². The number of methoxy groups -OCH3 is 2. The summed E-state index contributed by atoms with van der Waals surface area (Å²) in [4.78, 5) is 24.5. The second-order valence-electron chi connectivity index (χ2n) is 7.33. The number of urea groups is 1. The molecule has 1 fully saturated rings. The Balaban J connectivity index is 2.08. The van der Waals surface area contributed by atoms with Crippen molar-refractivity contribution in [3.63, 3.8) is 0 Å². The highest BCUT2D eigenvalue weighted by Gasteiger charge is 2.35. The molecule has 156 valence electrons. The number of ether oxygens (including phenoxy) is 3. The van der Waals surface area contributed by atoms with E-state index in [0.717, 1.165) is 30.6 Å². The zero-order valence-electron chi connectivity index (χ0n) is 17.2. The van der Waals surface area contributed by atoms with E-state index in [4.69, 9.17) is 14.2 Å². The van der Waals surface area contributed by atoms with Crippen molar-refractivity contribution in [1.82, 2.24) is 10.6 Å². The topological polar surface area (TPSA) is 85.9 Å². The van der Waals surface area contributed by atoms with Crippen molar-refractivity contribution in [2.75, 3.05) is 34.0 Å². The van der Waals surface area contributed by atoms with Crippen LogP contribution in [0, 0.1) is 5.92 Å². The minimum atomic E-state index is -0.665. The van der Waals surface area contributed by atoms with Gasteiger partial charge >= 0.3 is 12.0 Å². The standard InChI is InChI=1S/C21H32N2O5/c1-5-15(2)18(19(24)27-4)23-20(25)22-14-21(10-12-28-13-11-21)16-6-8-17(26-3)9-7-16/h6-9,15,18H,5,10-14H2,1-4H3,(H2,22,23,25)/t15-,18+/m1/s1. The van der Waals surface area contributed by atoms with Gasteiger partial charge in [0.25, 0.3) is 0 Å². The maximum atomic E-state index is 12.5.